The molecule has 2 heterocycles. The van der Waals surface area contributed by atoms with Gasteiger partial charge in [0.2, 0.25) is 0 Å². The van der Waals surface area contributed by atoms with Gasteiger partial charge in [0.1, 0.15) is 0 Å². The number of furan rings is 1. The molecule has 1 N–H and O–H groups in total. The predicted molar refractivity (Wildman–Crippen MR) is 83.6 cm³/mol. The van der Waals surface area contributed by atoms with E-state index in [2.05, 4.69) is 10.3 Å². The predicted octanol–water partition coefficient (Wildman–Crippen LogP) is 1.43. The molecule has 7 heteroatoms. The van der Waals surface area contributed by atoms with Crippen molar-refractivity contribution >= 4 is 16.9 Å². The second-order valence-corrected chi connectivity index (χ2v) is 4.86. The first-order valence-electron chi connectivity index (χ1n) is 7.04. The van der Waals surface area contributed by atoms with Crippen LogP contribution in [0.25, 0.3) is 11.0 Å². The molecule has 0 aliphatic rings. The van der Waals surface area contributed by atoms with Crippen molar-refractivity contribution in [3.63, 3.8) is 0 Å². The SMILES string of the molecule is COc1cccc2cc(C(=O)NCCn3cnccc3=O)oc12. The number of aromatic nitrogens is 2. The van der Waals surface area contributed by atoms with E-state index in [0.717, 1.165) is 5.39 Å². The minimum atomic E-state index is -0.347. The summed E-state index contributed by atoms with van der Waals surface area (Å²) < 4.78 is 12.2. The molecule has 0 aliphatic carbocycles. The largest absolute Gasteiger partial charge is 0.493 e. The van der Waals surface area contributed by atoms with Gasteiger partial charge in [-0.3, -0.25) is 14.2 Å². The number of hydrogen-bond acceptors (Lipinski definition) is 5. The lowest BCUT2D eigenvalue weighted by molar-refractivity contribution is 0.0926. The molecule has 7 nitrogen and oxygen atoms in total. The zero-order chi connectivity index (χ0) is 16.2. The highest BCUT2D eigenvalue weighted by Crippen LogP contribution is 2.28. The number of ether oxygens (including phenoxy) is 1. The van der Waals surface area contributed by atoms with Gasteiger partial charge in [0.25, 0.3) is 11.5 Å². The number of rotatable bonds is 5. The van der Waals surface area contributed by atoms with Crippen LogP contribution in [0.2, 0.25) is 0 Å². The molecule has 0 aliphatic heterocycles. The standard InChI is InChI=1S/C16H15N3O4/c1-22-12-4-2-3-11-9-13(23-15(11)12)16(21)18-7-8-19-10-17-6-5-14(19)20/h2-6,9-10H,7-8H2,1H3,(H,18,21). The summed E-state index contributed by atoms with van der Waals surface area (Å²) in [4.78, 5) is 27.5. The van der Waals surface area contributed by atoms with Crippen LogP contribution < -0.4 is 15.6 Å². The lowest BCUT2D eigenvalue weighted by Gasteiger charge is -2.05. The van der Waals surface area contributed by atoms with Gasteiger partial charge in [0, 0.05) is 30.7 Å². The number of nitrogens with one attached hydrogen (secondary N) is 1. The quantitative estimate of drug-likeness (QED) is 0.770. The van der Waals surface area contributed by atoms with Crippen LogP contribution in [0.15, 0.2) is 52.1 Å². The van der Waals surface area contributed by atoms with Crippen molar-refractivity contribution < 1.29 is 13.9 Å². The number of carbonyl (C=O) groups is 1. The molecule has 0 spiro atoms. The first kappa shape index (κ1) is 14.8. The van der Waals surface area contributed by atoms with Gasteiger partial charge in [0.05, 0.1) is 13.4 Å². The summed E-state index contributed by atoms with van der Waals surface area (Å²) >= 11 is 0. The molecule has 1 aromatic carbocycles. The molecule has 3 rings (SSSR count). The highest BCUT2D eigenvalue weighted by Gasteiger charge is 2.14. The van der Waals surface area contributed by atoms with Gasteiger partial charge >= 0.3 is 0 Å². The fraction of sp³-hybridized carbons (Fsp3) is 0.188. The summed E-state index contributed by atoms with van der Waals surface area (Å²) in [5, 5.41) is 3.50. The molecule has 1 amide bonds. The normalized spacial score (nSPS) is 10.7. The number of para-hydroxylation sites is 1. The van der Waals surface area contributed by atoms with E-state index < -0.39 is 0 Å². The van der Waals surface area contributed by atoms with Crippen LogP contribution in [0, 0.1) is 0 Å². The lowest BCUT2D eigenvalue weighted by atomic mass is 10.2. The summed E-state index contributed by atoms with van der Waals surface area (Å²) in [5.41, 5.74) is 0.367. The maximum atomic E-state index is 12.1. The van der Waals surface area contributed by atoms with Crippen molar-refractivity contribution in [2.75, 3.05) is 13.7 Å². The Balaban J connectivity index is 1.69. The molecular weight excluding hydrogens is 298 g/mol. The summed E-state index contributed by atoms with van der Waals surface area (Å²) in [7, 11) is 1.54. The molecular formula is C16H15N3O4. The Morgan fingerprint density at radius 3 is 3.04 bits per heavy atom. The summed E-state index contributed by atoms with van der Waals surface area (Å²) in [6, 6.07) is 8.46. The zero-order valence-electron chi connectivity index (χ0n) is 12.5. The number of fused-ring (bicyclic) bond motifs is 1. The van der Waals surface area contributed by atoms with Crippen LogP contribution in [0.1, 0.15) is 10.6 Å². The third kappa shape index (κ3) is 3.08. The third-order valence-corrected chi connectivity index (χ3v) is 3.38. The topological polar surface area (TPSA) is 86.4 Å². The average Bonchev–Trinajstić information content (AvgIpc) is 3.00. The molecule has 0 atom stereocenters. The fourth-order valence-electron chi connectivity index (χ4n) is 2.23. The van der Waals surface area contributed by atoms with E-state index >= 15 is 0 Å². The Morgan fingerprint density at radius 1 is 1.39 bits per heavy atom. The second-order valence-electron chi connectivity index (χ2n) is 4.86. The highest BCUT2D eigenvalue weighted by atomic mass is 16.5. The fourth-order valence-corrected chi connectivity index (χ4v) is 2.23. The number of benzene rings is 1. The van der Waals surface area contributed by atoms with E-state index in [-0.39, 0.29) is 17.2 Å². The summed E-state index contributed by atoms with van der Waals surface area (Å²) in [6.45, 7) is 0.626. The van der Waals surface area contributed by atoms with E-state index in [9.17, 15) is 9.59 Å². The van der Waals surface area contributed by atoms with Gasteiger partial charge in [-0.15, -0.1) is 0 Å². The third-order valence-electron chi connectivity index (χ3n) is 3.38. The van der Waals surface area contributed by atoms with Gasteiger partial charge in [-0.2, -0.15) is 0 Å². The van der Waals surface area contributed by atoms with Crippen molar-refractivity contribution in [2.45, 2.75) is 6.54 Å². The van der Waals surface area contributed by atoms with Crippen molar-refractivity contribution in [2.24, 2.45) is 0 Å². The maximum absolute atomic E-state index is 12.1. The van der Waals surface area contributed by atoms with E-state index in [4.69, 9.17) is 9.15 Å². The zero-order valence-corrected chi connectivity index (χ0v) is 12.5. The molecule has 23 heavy (non-hydrogen) atoms. The monoisotopic (exact) mass is 313 g/mol. The van der Waals surface area contributed by atoms with E-state index in [1.165, 1.54) is 23.2 Å². The van der Waals surface area contributed by atoms with Gasteiger partial charge in [-0.05, 0) is 12.1 Å². The van der Waals surface area contributed by atoms with Crippen LogP contribution in [-0.2, 0) is 6.54 Å². The van der Waals surface area contributed by atoms with Gasteiger partial charge < -0.3 is 14.5 Å². The molecule has 2 aromatic heterocycles. The number of hydrogen-bond donors (Lipinski definition) is 1. The molecule has 118 valence electrons. The molecule has 0 bridgehead atoms. The molecule has 0 saturated heterocycles. The first-order valence-corrected chi connectivity index (χ1v) is 7.04. The van der Waals surface area contributed by atoms with Gasteiger partial charge in [-0.25, -0.2) is 4.98 Å². The molecule has 0 unspecified atom stereocenters. The smallest absolute Gasteiger partial charge is 0.287 e. The molecule has 0 saturated carbocycles. The average molecular weight is 313 g/mol. The minimum absolute atomic E-state index is 0.164. The van der Waals surface area contributed by atoms with Crippen LogP contribution in [0.5, 0.6) is 5.75 Å². The first-order chi connectivity index (χ1) is 11.2. The van der Waals surface area contributed by atoms with E-state index in [1.807, 2.05) is 12.1 Å². The summed E-state index contributed by atoms with van der Waals surface area (Å²) in [5.74, 6) is 0.423. The van der Waals surface area contributed by atoms with Crippen molar-refractivity contribution in [3.05, 3.63) is 59.0 Å². The Bertz CT molecular complexity index is 897. The van der Waals surface area contributed by atoms with Crippen LogP contribution >= 0.6 is 0 Å². The maximum Gasteiger partial charge on any atom is 0.287 e. The van der Waals surface area contributed by atoms with E-state index in [0.29, 0.717) is 24.4 Å². The molecule has 3 aromatic rings. The Labute approximate surface area is 131 Å². The number of nitrogens with zero attached hydrogens (tertiary/aromatic N) is 2. The number of methoxy groups -OCH3 is 1. The Morgan fingerprint density at radius 2 is 2.26 bits per heavy atom. The lowest BCUT2D eigenvalue weighted by Crippen LogP contribution is -2.30. The Kier molecular flexibility index (Phi) is 4.09. The Hall–Kier alpha value is -3.09. The number of carbonyl (C=O) groups excluding carboxylic acids is 1. The number of amides is 1. The van der Waals surface area contributed by atoms with Crippen LogP contribution in [-0.4, -0.2) is 29.1 Å². The van der Waals surface area contributed by atoms with E-state index in [1.54, 1.807) is 19.2 Å². The second kappa shape index (κ2) is 6.35. The highest BCUT2D eigenvalue weighted by molar-refractivity contribution is 5.97. The van der Waals surface area contributed by atoms with Crippen molar-refractivity contribution in [1.82, 2.24) is 14.9 Å². The van der Waals surface area contributed by atoms with Crippen molar-refractivity contribution in [3.8, 4) is 5.75 Å². The van der Waals surface area contributed by atoms with Crippen LogP contribution in [0.3, 0.4) is 0 Å². The van der Waals surface area contributed by atoms with Crippen LogP contribution in [0.4, 0.5) is 0 Å². The van der Waals surface area contributed by atoms with Gasteiger partial charge in [-0.1, -0.05) is 12.1 Å². The summed E-state index contributed by atoms with van der Waals surface area (Å²) in [6.07, 6.45) is 2.86. The molecule has 0 radical (unpaired) electrons. The van der Waals surface area contributed by atoms with Gasteiger partial charge in [0.15, 0.2) is 17.1 Å². The minimum Gasteiger partial charge on any atom is -0.493 e. The van der Waals surface area contributed by atoms with Crippen molar-refractivity contribution in [1.29, 1.82) is 0 Å². The molecule has 0 fully saturated rings.